The van der Waals surface area contributed by atoms with E-state index in [1.807, 2.05) is 0 Å². The summed E-state index contributed by atoms with van der Waals surface area (Å²) in [4.78, 5) is 23.4. The first-order valence-electron chi connectivity index (χ1n) is 20.9. The highest BCUT2D eigenvalue weighted by atomic mass is 16.5. The second-order valence-corrected chi connectivity index (χ2v) is 13.8. The molecule has 1 unspecified atom stereocenters. The van der Waals surface area contributed by atoms with E-state index in [1.165, 1.54) is 83.5 Å². The number of hydrogen-bond donors (Lipinski definition) is 1. The highest BCUT2D eigenvalue weighted by molar-refractivity contribution is 5.69. The van der Waals surface area contributed by atoms with Crippen molar-refractivity contribution in [2.45, 2.75) is 206 Å². The molecule has 0 heterocycles. The van der Waals surface area contributed by atoms with Crippen molar-refractivity contribution in [1.82, 2.24) is 0 Å². The van der Waals surface area contributed by atoms with Crippen LogP contribution in [-0.2, 0) is 14.3 Å². The Morgan fingerprint density at radius 3 is 1.22 bits per heavy atom. The van der Waals surface area contributed by atoms with Crippen LogP contribution < -0.4 is 0 Å². The van der Waals surface area contributed by atoms with Gasteiger partial charge in [-0.25, -0.2) is 0 Å². The third-order valence-corrected chi connectivity index (χ3v) is 8.96. The van der Waals surface area contributed by atoms with Crippen molar-refractivity contribution in [3.8, 4) is 0 Å². The van der Waals surface area contributed by atoms with E-state index in [9.17, 15) is 9.59 Å². The zero-order chi connectivity index (χ0) is 36.4. The van der Waals surface area contributed by atoms with E-state index in [-0.39, 0.29) is 18.5 Å². The number of carboxylic acid groups (broad SMARTS) is 1. The largest absolute Gasteiger partial charge is 0.481 e. The number of unbranched alkanes of at least 4 members (excludes halogenated alkanes) is 16. The van der Waals surface area contributed by atoms with Gasteiger partial charge in [-0.1, -0.05) is 183 Å². The fourth-order valence-corrected chi connectivity index (χ4v) is 5.92. The van der Waals surface area contributed by atoms with Gasteiger partial charge in [-0.15, -0.1) is 0 Å². The average Bonchev–Trinajstić information content (AvgIpc) is 3.10. The number of rotatable bonds is 37. The summed E-state index contributed by atoms with van der Waals surface area (Å²) in [7, 11) is 0. The maximum atomic E-state index is 12.6. The van der Waals surface area contributed by atoms with Gasteiger partial charge in [0, 0.05) is 12.8 Å². The molecule has 0 aliphatic rings. The van der Waals surface area contributed by atoms with Crippen LogP contribution in [0.1, 0.15) is 200 Å². The summed E-state index contributed by atoms with van der Waals surface area (Å²) in [5.74, 6) is -0.813. The van der Waals surface area contributed by atoms with Crippen LogP contribution in [0.2, 0.25) is 0 Å². The highest BCUT2D eigenvalue weighted by Crippen LogP contribution is 2.18. The van der Waals surface area contributed by atoms with Crippen molar-refractivity contribution >= 4 is 11.9 Å². The Morgan fingerprint density at radius 2 is 0.820 bits per heavy atom. The number of carbonyl (C=O) groups excluding carboxylic acids is 1. The summed E-state index contributed by atoms with van der Waals surface area (Å²) in [5, 5.41) is 8.87. The van der Waals surface area contributed by atoms with E-state index in [4.69, 9.17) is 9.84 Å². The first kappa shape index (κ1) is 47.4. The number of ether oxygens (including phenoxy) is 1. The quantitative estimate of drug-likeness (QED) is 0.0399. The van der Waals surface area contributed by atoms with Crippen LogP contribution in [0.4, 0.5) is 0 Å². The zero-order valence-electron chi connectivity index (χ0n) is 32.7. The number of esters is 1. The van der Waals surface area contributed by atoms with Gasteiger partial charge in [0.05, 0.1) is 0 Å². The van der Waals surface area contributed by atoms with Crippen molar-refractivity contribution in [2.24, 2.45) is 0 Å². The number of carboxylic acids is 1. The lowest BCUT2D eigenvalue weighted by Gasteiger charge is -2.18. The number of hydrogen-bond acceptors (Lipinski definition) is 3. The van der Waals surface area contributed by atoms with Crippen molar-refractivity contribution in [2.75, 3.05) is 0 Å². The molecule has 286 valence electrons. The van der Waals surface area contributed by atoms with Gasteiger partial charge >= 0.3 is 11.9 Å². The summed E-state index contributed by atoms with van der Waals surface area (Å²) in [6.45, 7) is 4.43. The molecule has 1 atom stereocenters. The minimum Gasteiger partial charge on any atom is -0.481 e. The molecule has 0 fully saturated rings. The van der Waals surface area contributed by atoms with Gasteiger partial charge in [0.2, 0.25) is 0 Å². The molecule has 0 saturated carbocycles. The lowest BCUT2D eigenvalue weighted by Crippen LogP contribution is -2.18. The standard InChI is InChI=1S/C46H78O4/c1-3-5-7-9-11-13-15-17-19-20-21-22-23-25-27-29-31-33-39-43-46(49)50-44(41-37-34-35-38-42-45(47)48)40-36-32-30-28-26-24-18-16-14-12-10-8-6-4-2/h5,7,11,13,17,19,21-22,25,27,31,33,44H,3-4,6,8-10,12,14-16,18,20,23-24,26,28-30,32,34-43H2,1-2H3,(H,47,48)/b7-5-,13-11-,19-17-,22-21-,27-25-,33-31-. The first-order chi connectivity index (χ1) is 24.6. The second-order valence-electron chi connectivity index (χ2n) is 13.8. The van der Waals surface area contributed by atoms with Gasteiger partial charge in [-0.05, 0) is 77.0 Å². The Bertz CT molecular complexity index is 922. The lowest BCUT2D eigenvalue weighted by molar-refractivity contribution is -0.149. The molecule has 0 aliphatic carbocycles. The van der Waals surface area contributed by atoms with Crippen molar-refractivity contribution < 1.29 is 19.4 Å². The van der Waals surface area contributed by atoms with Gasteiger partial charge in [-0.3, -0.25) is 9.59 Å². The fourth-order valence-electron chi connectivity index (χ4n) is 5.92. The highest BCUT2D eigenvalue weighted by Gasteiger charge is 2.14. The van der Waals surface area contributed by atoms with Crippen LogP contribution in [0, 0.1) is 0 Å². The van der Waals surface area contributed by atoms with Crippen LogP contribution in [0.3, 0.4) is 0 Å². The van der Waals surface area contributed by atoms with E-state index in [1.54, 1.807) is 0 Å². The Hall–Kier alpha value is -2.62. The maximum Gasteiger partial charge on any atom is 0.306 e. The molecular weight excluding hydrogens is 617 g/mol. The van der Waals surface area contributed by atoms with Gasteiger partial charge in [0.15, 0.2) is 0 Å². The minimum absolute atomic E-state index is 0.00965. The van der Waals surface area contributed by atoms with E-state index in [2.05, 4.69) is 86.8 Å². The summed E-state index contributed by atoms with van der Waals surface area (Å²) >= 11 is 0. The SMILES string of the molecule is CC/C=C\C/C=C\C/C=C\C/C=C\C/C=C\C/C=C\CCC(=O)OC(CCCCCCCCCCCCCCCC)CCCCCCC(=O)O. The number of allylic oxidation sites excluding steroid dienone is 12. The van der Waals surface area contributed by atoms with E-state index in [0.29, 0.717) is 12.8 Å². The number of carbonyl (C=O) groups is 2. The van der Waals surface area contributed by atoms with Crippen molar-refractivity contribution in [3.05, 3.63) is 72.9 Å². The first-order valence-corrected chi connectivity index (χ1v) is 20.9. The average molecular weight is 695 g/mol. The molecule has 0 aromatic rings. The monoisotopic (exact) mass is 695 g/mol. The van der Waals surface area contributed by atoms with Crippen LogP contribution in [-0.4, -0.2) is 23.1 Å². The van der Waals surface area contributed by atoms with Crippen LogP contribution >= 0.6 is 0 Å². The topological polar surface area (TPSA) is 63.6 Å². The summed E-state index contributed by atoms with van der Waals surface area (Å²) in [5.41, 5.74) is 0. The van der Waals surface area contributed by atoms with Gasteiger partial charge in [-0.2, -0.15) is 0 Å². The van der Waals surface area contributed by atoms with Gasteiger partial charge in [0.1, 0.15) is 6.10 Å². The van der Waals surface area contributed by atoms with Gasteiger partial charge < -0.3 is 9.84 Å². The fraction of sp³-hybridized carbons (Fsp3) is 0.696. The summed E-state index contributed by atoms with van der Waals surface area (Å²) in [6, 6.07) is 0. The molecule has 0 spiro atoms. The minimum atomic E-state index is -0.721. The molecule has 4 heteroatoms. The van der Waals surface area contributed by atoms with Crippen LogP contribution in [0.25, 0.3) is 0 Å². The zero-order valence-corrected chi connectivity index (χ0v) is 32.7. The second kappa shape index (κ2) is 40.8. The van der Waals surface area contributed by atoms with E-state index in [0.717, 1.165) is 83.5 Å². The van der Waals surface area contributed by atoms with E-state index >= 15 is 0 Å². The molecule has 0 bridgehead atoms. The molecule has 0 aliphatic heterocycles. The molecule has 0 radical (unpaired) electrons. The van der Waals surface area contributed by atoms with Crippen LogP contribution in [0.15, 0.2) is 72.9 Å². The predicted molar refractivity (Wildman–Crippen MR) is 218 cm³/mol. The smallest absolute Gasteiger partial charge is 0.306 e. The molecule has 0 rings (SSSR count). The van der Waals surface area contributed by atoms with E-state index < -0.39 is 5.97 Å². The Morgan fingerprint density at radius 1 is 0.460 bits per heavy atom. The molecular formula is C46H78O4. The molecule has 50 heavy (non-hydrogen) atoms. The van der Waals surface area contributed by atoms with Crippen molar-refractivity contribution in [3.63, 3.8) is 0 Å². The Balaban J connectivity index is 4.14. The third-order valence-electron chi connectivity index (χ3n) is 8.96. The maximum absolute atomic E-state index is 12.6. The van der Waals surface area contributed by atoms with Gasteiger partial charge in [0.25, 0.3) is 0 Å². The Labute approximate surface area is 309 Å². The van der Waals surface area contributed by atoms with Crippen molar-refractivity contribution in [1.29, 1.82) is 0 Å². The predicted octanol–water partition coefficient (Wildman–Crippen LogP) is 14.7. The molecule has 4 nitrogen and oxygen atoms in total. The lowest BCUT2D eigenvalue weighted by atomic mass is 10.0. The Kier molecular flexibility index (Phi) is 38.7. The van der Waals surface area contributed by atoms with Crippen LogP contribution in [0.5, 0.6) is 0 Å². The molecule has 1 N–H and O–H groups in total. The molecule has 0 saturated heterocycles. The number of aliphatic carboxylic acids is 1. The summed E-state index contributed by atoms with van der Waals surface area (Å²) in [6.07, 6.45) is 57.8. The molecule has 0 aromatic heterocycles. The third kappa shape index (κ3) is 39.8. The summed E-state index contributed by atoms with van der Waals surface area (Å²) < 4.78 is 5.95. The normalized spacial score (nSPS) is 13.0. The molecule has 0 amide bonds. The molecule has 0 aromatic carbocycles.